The fourth-order valence-electron chi connectivity index (χ4n) is 2.26. The standard InChI is InChI=1S/C15H21NO5/c1-9(14(18)19)13(12(10(2)17)15(20)21)16-8-11-6-4-3-5-7-11/h3-7,9-10,12-13,16-17H,8H2,1-2H3,(H,18,19)(H,20,21). The van der Waals surface area contributed by atoms with Gasteiger partial charge < -0.3 is 20.6 Å². The van der Waals surface area contributed by atoms with Crippen LogP contribution in [0, 0.1) is 11.8 Å². The predicted molar refractivity (Wildman–Crippen MR) is 76.7 cm³/mol. The van der Waals surface area contributed by atoms with Crippen LogP contribution < -0.4 is 5.32 Å². The van der Waals surface area contributed by atoms with Crippen molar-refractivity contribution < 1.29 is 24.9 Å². The molecule has 0 saturated heterocycles. The molecular formula is C15H21NO5. The van der Waals surface area contributed by atoms with Gasteiger partial charge in [0.25, 0.3) is 0 Å². The summed E-state index contributed by atoms with van der Waals surface area (Å²) in [4.78, 5) is 22.5. The van der Waals surface area contributed by atoms with Crippen molar-refractivity contribution >= 4 is 11.9 Å². The third-order valence-electron chi connectivity index (χ3n) is 3.50. The second-order valence-corrected chi connectivity index (χ2v) is 5.12. The molecule has 0 amide bonds. The quantitative estimate of drug-likeness (QED) is 0.569. The van der Waals surface area contributed by atoms with Crippen LogP contribution >= 0.6 is 0 Å². The molecule has 0 aliphatic rings. The molecule has 116 valence electrons. The number of aliphatic hydroxyl groups is 1. The number of nitrogens with one attached hydrogen (secondary N) is 1. The highest BCUT2D eigenvalue weighted by Gasteiger charge is 2.38. The van der Waals surface area contributed by atoms with Crippen molar-refractivity contribution in [1.82, 2.24) is 5.32 Å². The molecule has 0 fully saturated rings. The van der Waals surface area contributed by atoms with Crippen LogP contribution in [0.25, 0.3) is 0 Å². The van der Waals surface area contributed by atoms with Crippen LogP contribution in [0.1, 0.15) is 19.4 Å². The number of aliphatic hydroxyl groups excluding tert-OH is 1. The van der Waals surface area contributed by atoms with E-state index in [1.165, 1.54) is 13.8 Å². The van der Waals surface area contributed by atoms with Gasteiger partial charge in [-0.3, -0.25) is 9.59 Å². The van der Waals surface area contributed by atoms with Gasteiger partial charge in [-0.2, -0.15) is 0 Å². The predicted octanol–water partition coefficient (Wildman–Crippen LogP) is 0.947. The maximum atomic E-state index is 11.3. The minimum atomic E-state index is -1.22. The summed E-state index contributed by atoms with van der Waals surface area (Å²) in [7, 11) is 0. The lowest BCUT2D eigenvalue weighted by Crippen LogP contribution is -2.50. The first kappa shape index (κ1) is 17.1. The Kier molecular flexibility index (Phi) is 6.33. The topological polar surface area (TPSA) is 107 Å². The SMILES string of the molecule is CC(O)C(C(=O)O)C(NCc1ccccc1)C(C)C(=O)O. The van der Waals surface area contributed by atoms with E-state index in [-0.39, 0.29) is 0 Å². The fraction of sp³-hybridized carbons (Fsp3) is 0.467. The summed E-state index contributed by atoms with van der Waals surface area (Å²) >= 11 is 0. The first-order chi connectivity index (χ1) is 9.84. The minimum absolute atomic E-state index is 0.333. The summed E-state index contributed by atoms with van der Waals surface area (Å²) in [5, 5.41) is 31.0. The van der Waals surface area contributed by atoms with Crippen molar-refractivity contribution in [2.75, 3.05) is 0 Å². The van der Waals surface area contributed by atoms with Crippen LogP contribution in [0.5, 0.6) is 0 Å². The average Bonchev–Trinajstić information content (AvgIpc) is 2.42. The van der Waals surface area contributed by atoms with Crippen molar-refractivity contribution in [3.63, 3.8) is 0 Å². The molecule has 1 aromatic carbocycles. The Bertz CT molecular complexity index is 474. The fourth-order valence-corrected chi connectivity index (χ4v) is 2.26. The molecule has 0 radical (unpaired) electrons. The molecule has 0 heterocycles. The molecule has 0 bridgehead atoms. The van der Waals surface area contributed by atoms with Crippen molar-refractivity contribution in [3.8, 4) is 0 Å². The molecule has 0 aliphatic carbocycles. The maximum Gasteiger partial charge on any atom is 0.310 e. The number of benzene rings is 1. The van der Waals surface area contributed by atoms with E-state index in [0.717, 1.165) is 5.56 Å². The van der Waals surface area contributed by atoms with Crippen LogP contribution in [0.15, 0.2) is 30.3 Å². The summed E-state index contributed by atoms with van der Waals surface area (Å²) in [6, 6.07) is 8.38. The molecule has 0 saturated carbocycles. The summed E-state index contributed by atoms with van der Waals surface area (Å²) in [5.74, 6) is -4.46. The van der Waals surface area contributed by atoms with Crippen molar-refractivity contribution in [2.45, 2.75) is 32.5 Å². The lowest BCUT2D eigenvalue weighted by Gasteiger charge is -2.30. The van der Waals surface area contributed by atoms with E-state index >= 15 is 0 Å². The number of carboxylic acid groups (broad SMARTS) is 2. The number of carbonyl (C=O) groups is 2. The van der Waals surface area contributed by atoms with E-state index < -0.39 is 35.9 Å². The van der Waals surface area contributed by atoms with Crippen LogP contribution in [0.4, 0.5) is 0 Å². The Morgan fingerprint density at radius 1 is 1.10 bits per heavy atom. The molecule has 6 heteroatoms. The van der Waals surface area contributed by atoms with E-state index in [4.69, 9.17) is 5.11 Å². The number of aliphatic carboxylic acids is 2. The molecule has 21 heavy (non-hydrogen) atoms. The highest BCUT2D eigenvalue weighted by Crippen LogP contribution is 2.19. The molecule has 1 rings (SSSR count). The molecule has 4 N–H and O–H groups in total. The zero-order valence-electron chi connectivity index (χ0n) is 12.1. The first-order valence-electron chi connectivity index (χ1n) is 6.75. The van der Waals surface area contributed by atoms with E-state index in [9.17, 15) is 19.8 Å². The molecule has 4 unspecified atom stereocenters. The van der Waals surface area contributed by atoms with Crippen LogP contribution in [-0.2, 0) is 16.1 Å². The van der Waals surface area contributed by atoms with Gasteiger partial charge in [0.1, 0.15) is 0 Å². The van der Waals surface area contributed by atoms with Crippen LogP contribution in [0.3, 0.4) is 0 Å². The number of hydrogen-bond donors (Lipinski definition) is 4. The molecule has 1 aromatic rings. The second-order valence-electron chi connectivity index (χ2n) is 5.12. The third kappa shape index (κ3) is 4.84. The largest absolute Gasteiger partial charge is 0.481 e. The van der Waals surface area contributed by atoms with Crippen molar-refractivity contribution in [2.24, 2.45) is 11.8 Å². The van der Waals surface area contributed by atoms with Gasteiger partial charge in [-0.15, -0.1) is 0 Å². The Labute approximate surface area is 123 Å². The van der Waals surface area contributed by atoms with E-state index in [1.807, 2.05) is 30.3 Å². The zero-order valence-corrected chi connectivity index (χ0v) is 12.1. The number of carboxylic acids is 2. The van der Waals surface area contributed by atoms with Gasteiger partial charge in [-0.05, 0) is 12.5 Å². The van der Waals surface area contributed by atoms with Gasteiger partial charge >= 0.3 is 11.9 Å². The Morgan fingerprint density at radius 3 is 2.10 bits per heavy atom. The minimum Gasteiger partial charge on any atom is -0.481 e. The van der Waals surface area contributed by atoms with E-state index in [0.29, 0.717) is 6.54 Å². The van der Waals surface area contributed by atoms with Crippen LogP contribution in [-0.4, -0.2) is 39.4 Å². The summed E-state index contributed by atoms with van der Waals surface area (Å²) in [6.45, 7) is 3.12. The molecule has 0 spiro atoms. The van der Waals surface area contributed by atoms with Crippen molar-refractivity contribution in [1.29, 1.82) is 0 Å². The molecule has 4 atom stereocenters. The first-order valence-corrected chi connectivity index (χ1v) is 6.75. The molecule has 6 nitrogen and oxygen atoms in total. The van der Waals surface area contributed by atoms with E-state index in [1.54, 1.807) is 0 Å². The average molecular weight is 295 g/mol. The Morgan fingerprint density at radius 2 is 1.67 bits per heavy atom. The summed E-state index contributed by atoms with van der Waals surface area (Å²) in [5.41, 5.74) is 0.912. The molecular weight excluding hydrogens is 274 g/mol. The number of hydrogen-bond acceptors (Lipinski definition) is 4. The van der Waals surface area contributed by atoms with Crippen LogP contribution in [0.2, 0.25) is 0 Å². The van der Waals surface area contributed by atoms with Gasteiger partial charge in [0, 0.05) is 12.6 Å². The van der Waals surface area contributed by atoms with Gasteiger partial charge in [-0.1, -0.05) is 37.3 Å². The van der Waals surface area contributed by atoms with Gasteiger partial charge in [0.15, 0.2) is 0 Å². The Hall–Kier alpha value is -1.92. The van der Waals surface area contributed by atoms with E-state index in [2.05, 4.69) is 5.32 Å². The number of rotatable bonds is 8. The summed E-state index contributed by atoms with van der Waals surface area (Å²) < 4.78 is 0. The third-order valence-corrected chi connectivity index (χ3v) is 3.50. The summed E-state index contributed by atoms with van der Waals surface area (Å²) in [6.07, 6.45) is -1.16. The lowest BCUT2D eigenvalue weighted by molar-refractivity contribution is -0.150. The van der Waals surface area contributed by atoms with Gasteiger partial charge in [-0.25, -0.2) is 0 Å². The maximum absolute atomic E-state index is 11.3. The van der Waals surface area contributed by atoms with Gasteiger partial charge in [0.2, 0.25) is 0 Å². The lowest BCUT2D eigenvalue weighted by atomic mass is 9.85. The molecule has 0 aliphatic heterocycles. The highest BCUT2D eigenvalue weighted by atomic mass is 16.4. The highest BCUT2D eigenvalue weighted by molar-refractivity contribution is 5.75. The second kappa shape index (κ2) is 7.75. The van der Waals surface area contributed by atoms with Gasteiger partial charge in [0.05, 0.1) is 17.9 Å². The van der Waals surface area contributed by atoms with Crippen molar-refractivity contribution in [3.05, 3.63) is 35.9 Å². The molecule has 0 aromatic heterocycles. The monoisotopic (exact) mass is 295 g/mol. The normalized spacial score (nSPS) is 16.7. The Balaban J connectivity index is 2.91. The smallest absolute Gasteiger partial charge is 0.310 e. The zero-order chi connectivity index (χ0) is 16.0.